The van der Waals surface area contributed by atoms with Gasteiger partial charge in [0.15, 0.2) is 0 Å². The third-order valence-electron chi connectivity index (χ3n) is 0. The summed E-state index contributed by atoms with van der Waals surface area (Å²) in [4.78, 5) is 0. The van der Waals surface area contributed by atoms with Gasteiger partial charge in [-0.25, -0.2) is 0 Å². The third kappa shape index (κ3) is 8.93. The second-order valence-corrected chi connectivity index (χ2v) is 0. The van der Waals surface area contributed by atoms with Crippen molar-refractivity contribution in [1.82, 2.24) is 0 Å². The van der Waals surface area contributed by atoms with Crippen LogP contribution in [0.2, 0.25) is 0 Å². The number of rotatable bonds is 0. The van der Waals surface area contributed by atoms with Crippen LogP contribution >= 0.6 is 0 Å². The fourth-order valence-electron chi connectivity index (χ4n) is 0. The molecule has 0 heterocycles. The standard InChI is InChI=1S/3Al.Co. The van der Waals surface area contributed by atoms with Crippen molar-refractivity contribution in [3.05, 3.63) is 0 Å². The van der Waals surface area contributed by atoms with Crippen LogP contribution in [0.3, 0.4) is 0 Å². The summed E-state index contributed by atoms with van der Waals surface area (Å²) in [5, 5.41) is 0. The molecule has 0 bridgehead atoms. The molecule has 0 aromatic rings. The molecule has 0 saturated heterocycles. The van der Waals surface area contributed by atoms with Gasteiger partial charge in [-0.05, 0) is 0 Å². The summed E-state index contributed by atoms with van der Waals surface area (Å²) in [7, 11) is 0. The van der Waals surface area contributed by atoms with E-state index in [2.05, 4.69) is 0 Å². The second-order valence-electron chi connectivity index (χ2n) is 0. The molecule has 0 aromatic carbocycles. The fourth-order valence-corrected chi connectivity index (χ4v) is 0. The zero-order valence-electron chi connectivity index (χ0n) is 2.07. The van der Waals surface area contributed by atoms with Crippen molar-refractivity contribution in [2.24, 2.45) is 0 Å². The molecule has 0 unspecified atom stereocenters. The van der Waals surface area contributed by atoms with Crippen LogP contribution in [-0.4, -0.2) is 52.1 Å². The van der Waals surface area contributed by atoms with Gasteiger partial charge in [0.05, 0.1) is 0 Å². The van der Waals surface area contributed by atoms with Crippen LogP contribution in [0.5, 0.6) is 0 Å². The van der Waals surface area contributed by atoms with E-state index in [9.17, 15) is 0 Å². The van der Waals surface area contributed by atoms with E-state index in [0.29, 0.717) is 0 Å². The molecule has 10 radical (unpaired) electrons. The Balaban J connectivity index is 0. The molecule has 0 N–H and O–H groups in total. The summed E-state index contributed by atoms with van der Waals surface area (Å²) in [5.41, 5.74) is 0. The monoisotopic (exact) mass is 140 g/mol. The summed E-state index contributed by atoms with van der Waals surface area (Å²) in [6.45, 7) is 0. The van der Waals surface area contributed by atoms with Crippen LogP contribution in [0, 0.1) is 0 Å². The van der Waals surface area contributed by atoms with Crippen molar-refractivity contribution >= 4 is 52.1 Å². The van der Waals surface area contributed by atoms with E-state index >= 15 is 0 Å². The van der Waals surface area contributed by atoms with E-state index in [-0.39, 0.29) is 68.9 Å². The van der Waals surface area contributed by atoms with Crippen LogP contribution in [0.25, 0.3) is 0 Å². The Morgan fingerprint density at radius 2 is 0.500 bits per heavy atom. The molecule has 0 atom stereocenters. The Hall–Kier alpha value is 2.10. The van der Waals surface area contributed by atoms with E-state index < -0.39 is 0 Å². The number of hydrogen-bond donors (Lipinski definition) is 0. The number of hydrogen-bond acceptors (Lipinski definition) is 0. The van der Waals surface area contributed by atoms with Crippen molar-refractivity contribution in [2.75, 3.05) is 0 Å². The average molecular weight is 140 g/mol. The van der Waals surface area contributed by atoms with E-state index in [1.165, 1.54) is 0 Å². The molecule has 0 saturated carbocycles. The summed E-state index contributed by atoms with van der Waals surface area (Å²) < 4.78 is 0. The quantitative estimate of drug-likeness (QED) is 0.373. The molecule has 0 spiro atoms. The smallest absolute Gasteiger partial charge is 0 e. The predicted molar refractivity (Wildman–Crippen MR) is 17.3 cm³/mol. The van der Waals surface area contributed by atoms with Crippen molar-refractivity contribution in [1.29, 1.82) is 0 Å². The summed E-state index contributed by atoms with van der Waals surface area (Å²) in [5.74, 6) is 0. The molecule has 0 aliphatic heterocycles. The van der Waals surface area contributed by atoms with Crippen LogP contribution in [-0.2, 0) is 16.8 Å². The Labute approximate surface area is 68.3 Å². The van der Waals surface area contributed by atoms with Crippen molar-refractivity contribution in [3.8, 4) is 0 Å². The molecule has 0 amide bonds. The maximum Gasteiger partial charge on any atom is 0 e. The first-order valence-electron chi connectivity index (χ1n) is 0. The van der Waals surface area contributed by atoms with Gasteiger partial charge in [-0.3, -0.25) is 0 Å². The SMILES string of the molecule is [Al].[Al].[Al].[Co]. The topological polar surface area (TPSA) is 0 Å². The molecule has 4 heteroatoms. The van der Waals surface area contributed by atoms with E-state index in [1.807, 2.05) is 0 Å². The average Bonchev–Trinajstić information content (AvgIpc) is 0. The zero-order chi connectivity index (χ0) is 0. The Morgan fingerprint density at radius 3 is 0.500 bits per heavy atom. The Morgan fingerprint density at radius 1 is 0.500 bits per heavy atom. The van der Waals surface area contributed by atoms with Gasteiger partial charge in [0.1, 0.15) is 0 Å². The van der Waals surface area contributed by atoms with Gasteiger partial charge in [0.25, 0.3) is 0 Å². The first-order valence-corrected chi connectivity index (χ1v) is 0. The first-order chi connectivity index (χ1) is 0. The minimum Gasteiger partial charge on any atom is 0 e. The van der Waals surface area contributed by atoms with Gasteiger partial charge >= 0.3 is 0 Å². The Bertz CT molecular complexity index is 3.25. The largest absolute Gasteiger partial charge is 0 e. The van der Waals surface area contributed by atoms with Crippen LogP contribution in [0.15, 0.2) is 0 Å². The van der Waals surface area contributed by atoms with Crippen LogP contribution in [0.1, 0.15) is 0 Å². The summed E-state index contributed by atoms with van der Waals surface area (Å²) in [6, 6.07) is 0. The van der Waals surface area contributed by atoms with Gasteiger partial charge in [-0.15, -0.1) is 0 Å². The van der Waals surface area contributed by atoms with Crippen molar-refractivity contribution in [3.63, 3.8) is 0 Å². The zero-order valence-corrected chi connectivity index (χ0v) is 6.57. The van der Waals surface area contributed by atoms with E-state index in [0.717, 1.165) is 0 Å². The molecular formula is Al3Co. The summed E-state index contributed by atoms with van der Waals surface area (Å²) in [6.07, 6.45) is 0. The minimum atomic E-state index is 0. The molecule has 0 aliphatic carbocycles. The van der Waals surface area contributed by atoms with Gasteiger partial charge in [0.2, 0.25) is 0 Å². The normalized spacial score (nSPS) is 0. The Kier molecular flexibility index (Phi) is 174. The van der Waals surface area contributed by atoms with Crippen molar-refractivity contribution in [2.45, 2.75) is 0 Å². The van der Waals surface area contributed by atoms with E-state index in [1.54, 1.807) is 0 Å². The molecule has 0 nitrogen and oxygen atoms in total. The minimum absolute atomic E-state index is 0. The van der Waals surface area contributed by atoms with Gasteiger partial charge in [0, 0.05) is 68.9 Å². The molecular weight excluding hydrogens is 140 g/mol. The third-order valence-corrected chi connectivity index (χ3v) is 0. The second kappa shape index (κ2) is 19.4. The van der Waals surface area contributed by atoms with Gasteiger partial charge in [-0.2, -0.15) is 0 Å². The molecule has 18 valence electrons. The van der Waals surface area contributed by atoms with Crippen LogP contribution in [0.4, 0.5) is 0 Å². The molecule has 0 aliphatic rings. The van der Waals surface area contributed by atoms with Crippen molar-refractivity contribution < 1.29 is 16.8 Å². The maximum atomic E-state index is 0. The van der Waals surface area contributed by atoms with Gasteiger partial charge < -0.3 is 0 Å². The van der Waals surface area contributed by atoms with Crippen LogP contribution < -0.4 is 0 Å². The molecule has 0 fully saturated rings. The summed E-state index contributed by atoms with van der Waals surface area (Å²) >= 11 is 0. The van der Waals surface area contributed by atoms with E-state index in [4.69, 9.17) is 0 Å². The molecule has 0 aromatic heterocycles. The van der Waals surface area contributed by atoms with Gasteiger partial charge in [-0.1, -0.05) is 0 Å². The molecule has 0 rings (SSSR count). The predicted octanol–water partition coefficient (Wildman–Crippen LogP) is -1.14. The maximum absolute atomic E-state index is 0. The fraction of sp³-hybridized carbons (Fsp3) is 0. The molecule has 4 heavy (non-hydrogen) atoms. The first kappa shape index (κ1) is 35.9.